The Balaban J connectivity index is 1.61. The fourth-order valence-electron chi connectivity index (χ4n) is 5.54. The third-order valence-corrected chi connectivity index (χ3v) is 7.11. The van der Waals surface area contributed by atoms with Gasteiger partial charge >= 0.3 is 0 Å². The molecule has 2 nitrogen and oxygen atoms in total. The van der Waals surface area contributed by atoms with Crippen molar-refractivity contribution in [3.8, 4) is 11.3 Å². The van der Waals surface area contributed by atoms with Crippen LogP contribution in [0.3, 0.4) is 0 Å². The Kier molecular flexibility index (Phi) is 4.53. The highest BCUT2D eigenvalue weighted by atomic mass is 15.1. The molecule has 32 heavy (non-hydrogen) atoms. The van der Waals surface area contributed by atoms with E-state index in [4.69, 9.17) is 0 Å². The van der Waals surface area contributed by atoms with E-state index in [0.29, 0.717) is 5.92 Å². The molecule has 1 atom stereocenters. The predicted molar refractivity (Wildman–Crippen MR) is 130 cm³/mol. The average molecular weight is 415 g/mol. The number of aryl methyl sites for hydroxylation is 1. The van der Waals surface area contributed by atoms with Crippen molar-refractivity contribution in [2.24, 2.45) is 5.92 Å². The first-order valence-electron chi connectivity index (χ1n) is 11.5. The molecule has 0 saturated heterocycles. The van der Waals surface area contributed by atoms with E-state index in [1.54, 1.807) is 11.8 Å². The van der Waals surface area contributed by atoms with Gasteiger partial charge in [-0.3, -0.25) is 0 Å². The van der Waals surface area contributed by atoms with Gasteiger partial charge in [0.1, 0.15) is 0 Å². The van der Waals surface area contributed by atoms with Crippen LogP contribution < -0.4 is 10.4 Å². The lowest BCUT2D eigenvalue weighted by atomic mass is 9.78. The number of hydrogen-bond donors (Lipinski definition) is 0. The highest BCUT2D eigenvalue weighted by Crippen LogP contribution is 2.30. The van der Waals surface area contributed by atoms with Gasteiger partial charge in [0, 0.05) is 11.8 Å². The van der Waals surface area contributed by atoms with E-state index in [1.807, 2.05) is 12.1 Å². The molecule has 0 radical (unpaired) electrons. The quantitative estimate of drug-likeness (QED) is 0.468. The second-order valence-corrected chi connectivity index (χ2v) is 9.16. The molecule has 156 valence electrons. The van der Waals surface area contributed by atoms with Crippen molar-refractivity contribution in [2.45, 2.75) is 33.1 Å². The summed E-state index contributed by atoms with van der Waals surface area (Å²) in [7, 11) is 0. The zero-order valence-electron chi connectivity index (χ0n) is 18.6. The Morgan fingerprint density at radius 3 is 2.53 bits per heavy atom. The molecule has 2 heteroatoms. The topological polar surface area (TPSA) is 25.8 Å². The monoisotopic (exact) mass is 414 g/mol. The minimum atomic E-state index is 0.580. The van der Waals surface area contributed by atoms with Gasteiger partial charge in [0.05, 0.1) is 5.69 Å². The van der Waals surface area contributed by atoms with Crippen molar-refractivity contribution < 1.29 is 0 Å². The summed E-state index contributed by atoms with van der Waals surface area (Å²) >= 11 is 0. The van der Waals surface area contributed by atoms with Crippen LogP contribution in [0.2, 0.25) is 0 Å². The van der Waals surface area contributed by atoms with E-state index in [1.165, 1.54) is 49.6 Å². The molecule has 0 fully saturated rings. The fraction of sp³-hybridized carbons (Fsp3) is 0.200. The molecule has 1 unspecified atom stereocenters. The van der Waals surface area contributed by atoms with Gasteiger partial charge < -0.3 is 0 Å². The first-order valence-corrected chi connectivity index (χ1v) is 11.5. The van der Waals surface area contributed by atoms with E-state index < -0.39 is 0 Å². The molecule has 0 aliphatic heterocycles. The first-order chi connectivity index (χ1) is 15.7. The van der Waals surface area contributed by atoms with Gasteiger partial charge in [-0.2, -0.15) is 10.2 Å². The third kappa shape index (κ3) is 3.10. The summed E-state index contributed by atoms with van der Waals surface area (Å²) in [5, 5.41) is 13.8. The molecule has 0 bridgehead atoms. The Bertz CT molecular complexity index is 1570. The minimum absolute atomic E-state index is 0.580. The summed E-state index contributed by atoms with van der Waals surface area (Å²) in [5.41, 5.74) is 9.34. The van der Waals surface area contributed by atoms with Gasteiger partial charge in [0.15, 0.2) is 0 Å². The average Bonchev–Trinajstić information content (AvgIpc) is 2.83. The lowest BCUT2D eigenvalue weighted by molar-refractivity contribution is 0.639. The van der Waals surface area contributed by atoms with Gasteiger partial charge in [-0.05, 0) is 93.4 Å². The second-order valence-electron chi connectivity index (χ2n) is 9.16. The molecule has 4 aromatic rings. The summed E-state index contributed by atoms with van der Waals surface area (Å²) in [5.74, 6) is 0.580. The Morgan fingerprint density at radius 1 is 0.812 bits per heavy atom. The van der Waals surface area contributed by atoms with Gasteiger partial charge in [0.25, 0.3) is 0 Å². The minimum Gasteiger partial charge on any atom is -0.159 e. The molecule has 2 aliphatic carbocycles. The van der Waals surface area contributed by atoms with Crippen molar-refractivity contribution in [1.82, 2.24) is 10.2 Å². The summed E-state index contributed by atoms with van der Waals surface area (Å²) in [6, 6.07) is 24.4. The molecule has 1 aromatic heterocycles. The standard InChI is InChI=1S/C30H26N2/c1-19-5-3-6-23(17-19)30-20(2)8-11-27-26-13-9-21-18-22(29-7-4-16-31-32-29)10-12-24(21)25(26)14-15-28(27)30/h3-7,9-10,12,14-18,20H,8,11,13H2,1-2H3. The van der Waals surface area contributed by atoms with E-state index in [2.05, 4.69) is 84.7 Å². The van der Waals surface area contributed by atoms with Crippen molar-refractivity contribution in [3.05, 3.63) is 116 Å². The summed E-state index contributed by atoms with van der Waals surface area (Å²) < 4.78 is 0. The van der Waals surface area contributed by atoms with Gasteiger partial charge in [-0.25, -0.2) is 0 Å². The SMILES string of the molecule is Cc1cccc(C2=c3ccc4c(c3CCC2C)CC=c2cc(-c3cccnn3)ccc2=4)c1. The number of rotatable bonds is 2. The maximum Gasteiger partial charge on any atom is 0.0929 e. The molecule has 3 aromatic carbocycles. The molecule has 0 N–H and O–H groups in total. The number of aromatic nitrogens is 2. The zero-order valence-corrected chi connectivity index (χ0v) is 18.6. The highest BCUT2D eigenvalue weighted by molar-refractivity contribution is 5.70. The number of hydrogen-bond acceptors (Lipinski definition) is 2. The highest BCUT2D eigenvalue weighted by Gasteiger charge is 2.21. The normalized spacial score (nSPS) is 16.6. The summed E-state index contributed by atoms with van der Waals surface area (Å²) in [6.45, 7) is 4.57. The molecular formula is C30H26N2. The smallest absolute Gasteiger partial charge is 0.0929 e. The van der Waals surface area contributed by atoms with Crippen molar-refractivity contribution >= 4 is 11.6 Å². The van der Waals surface area contributed by atoms with Crippen LogP contribution in [0, 0.1) is 23.3 Å². The van der Waals surface area contributed by atoms with Crippen LogP contribution in [0.15, 0.2) is 72.9 Å². The molecule has 1 heterocycles. The molecule has 0 amide bonds. The largest absolute Gasteiger partial charge is 0.159 e. The van der Waals surface area contributed by atoms with Crippen LogP contribution in [-0.4, -0.2) is 10.2 Å². The van der Waals surface area contributed by atoms with Crippen molar-refractivity contribution in [3.63, 3.8) is 0 Å². The van der Waals surface area contributed by atoms with Crippen LogP contribution in [0.5, 0.6) is 0 Å². The van der Waals surface area contributed by atoms with Crippen molar-refractivity contribution in [2.75, 3.05) is 0 Å². The van der Waals surface area contributed by atoms with Gasteiger partial charge in [-0.15, -0.1) is 0 Å². The summed E-state index contributed by atoms with van der Waals surface area (Å²) in [4.78, 5) is 0. The Hall–Kier alpha value is -3.52. The van der Waals surface area contributed by atoms with Crippen molar-refractivity contribution in [1.29, 1.82) is 0 Å². The Labute approximate surface area is 188 Å². The van der Waals surface area contributed by atoms with Crippen LogP contribution in [-0.2, 0) is 12.8 Å². The van der Waals surface area contributed by atoms with E-state index >= 15 is 0 Å². The van der Waals surface area contributed by atoms with Crippen LogP contribution in [0.25, 0.3) is 22.9 Å². The van der Waals surface area contributed by atoms with Crippen LogP contribution in [0.1, 0.15) is 35.6 Å². The second kappa shape index (κ2) is 7.56. The number of nitrogens with zero attached hydrogens (tertiary/aromatic N) is 2. The molecular weight excluding hydrogens is 388 g/mol. The van der Waals surface area contributed by atoms with E-state index in [0.717, 1.165) is 24.1 Å². The van der Waals surface area contributed by atoms with Crippen LogP contribution >= 0.6 is 0 Å². The number of fused-ring (bicyclic) bond motifs is 4. The molecule has 0 spiro atoms. The maximum absolute atomic E-state index is 4.28. The third-order valence-electron chi connectivity index (χ3n) is 7.11. The van der Waals surface area contributed by atoms with Gasteiger partial charge in [-0.1, -0.05) is 67.1 Å². The maximum atomic E-state index is 4.28. The van der Waals surface area contributed by atoms with E-state index in [9.17, 15) is 0 Å². The lowest BCUT2D eigenvalue weighted by Gasteiger charge is -2.26. The molecule has 0 saturated carbocycles. The van der Waals surface area contributed by atoms with E-state index in [-0.39, 0.29) is 0 Å². The lowest BCUT2D eigenvalue weighted by Crippen LogP contribution is -2.26. The zero-order chi connectivity index (χ0) is 21.7. The van der Waals surface area contributed by atoms with Gasteiger partial charge in [0.2, 0.25) is 0 Å². The molecule has 6 rings (SSSR count). The predicted octanol–water partition coefficient (Wildman–Crippen LogP) is 4.86. The van der Waals surface area contributed by atoms with Crippen LogP contribution in [0.4, 0.5) is 0 Å². The first kappa shape index (κ1) is 19.2. The number of benzene rings is 3. The fourth-order valence-corrected chi connectivity index (χ4v) is 5.54. The molecule has 2 aliphatic rings. The summed E-state index contributed by atoms with van der Waals surface area (Å²) in [6.07, 6.45) is 7.48. The Morgan fingerprint density at radius 2 is 1.69 bits per heavy atom.